The Balaban J connectivity index is 0.000000166. The lowest BCUT2D eigenvalue weighted by atomic mass is 9.43. The third-order valence-electron chi connectivity index (χ3n) is 19.8. The lowest BCUT2D eigenvalue weighted by molar-refractivity contribution is -0.242. The number of rotatable bonds is 8. The Morgan fingerprint density at radius 3 is 1.33 bits per heavy atom. The van der Waals surface area contributed by atoms with Gasteiger partial charge in [-0.15, -0.1) is 0 Å². The molecule has 4 N–H and O–H groups in total. The van der Waals surface area contributed by atoms with Crippen molar-refractivity contribution in [2.45, 2.75) is 203 Å². The molecule has 2 saturated heterocycles. The van der Waals surface area contributed by atoms with Crippen molar-refractivity contribution < 1.29 is 76.1 Å². The van der Waals surface area contributed by atoms with E-state index in [0.717, 1.165) is 12.8 Å². The number of aliphatic hydroxyl groups excluding tert-OH is 4. The maximum Gasteiger partial charge on any atom is 0.193 e. The molecule has 0 amide bonds. The van der Waals surface area contributed by atoms with Gasteiger partial charge in [0.1, 0.15) is 36.9 Å². The van der Waals surface area contributed by atoms with Gasteiger partial charge in [0.15, 0.2) is 46.9 Å². The fourth-order valence-electron chi connectivity index (χ4n) is 16.7. The zero-order chi connectivity index (χ0) is 47.9. The molecule has 0 aromatic heterocycles. The zero-order valence-electron chi connectivity index (χ0n) is 39.0. The van der Waals surface area contributed by atoms with E-state index in [0.29, 0.717) is 25.7 Å². The summed E-state index contributed by atoms with van der Waals surface area (Å²) in [7, 11) is 0. The number of carbonyl (C=O) groups is 4. The van der Waals surface area contributed by atoms with Crippen LogP contribution in [0.1, 0.15) is 131 Å². The van der Waals surface area contributed by atoms with E-state index in [4.69, 9.17) is 18.9 Å². The van der Waals surface area contributed by atoms with Crippen molar-refractivity contribution in [1.82, 2.24) is 0 Å². The first-order valence-corrected chi connectivity index (χ1v) is 24.5. The predicted molar refractivity (Wildman–Crippen MR) is 227 cm³/mol. The van der Waals surface area contributed by atoms with Crippen LogP contribution in [-0.4, -0.2) is 129 Å². The molecule has 0 aromatic rings. The summed E-state index contributed by atoms with van der Waals surface area (Å²) < 4.78 is 90.3. The lowest BCUT2D eigenvalue weighted by Gasteiger charge is -2.64. The van der Waals surface area contributed by atoms with Crippen LogP contribution in [0.3, 0.4) is 0 Å². The topological polar surface area (TPSA) is 186 Å². The minimum absolute atomic E-state index is 0.0666. The van der Waals surface area contributed by atoms with E-state index in [1.165, 1.54) is 12.2 Å². The number of alkyl halides is 4. The predicted octanol–water partition coefficient (Wildman–Crippen LogP) is 5.96. The summed E-state index contributed by atoms with van der Waals surface area (Å²) >= 11 is 0. The highest BCUT2D eigenvalue weighted by Crippen LogP contribution is 2.74. The minimum atomic E-state index is -2.14. The number of ketones is 4. The lowest BCUT2D eigenvalue weighted by Crippen LogP contribution is -2.71. The highest BCUT2D eigenvalue weighted by atomic mass is 19.2. The quantitative estimate of drug-likeness (QED) is 0.210. The molecule has 6 unspecified atom stereocenters. The van der Waals surface area contributed by atoms with Crippen molar-refractivity contribution in [3.05, 3.63) is 23.3 Å². The van der Waals surface area contributed by atoms with E-state index >= 15 is 17.6 Å². The normalized spacial score (nSPS) is 53.1. The van der Waals surface area contributed by atoms with Crippen molar-refractivity contribution in [1.29, 1.82) is 0 Å². The maximum atomic E-state index is 17.2. The van der Waals surface area contributed by atoms with Crippen LogP contribution in [0.5, 0.6) is 0 Å². The van der Waals surface area contributed by atoms with Gasteiger partial charge in [-0.2, -0.15) is 0 Å². The van der Waals surface area contributed by atoms with E-state index < -0.39 is 142 Å². The summed E-state index contributed by atoms with van der Waals surface area (Å²) in [4.78, 5) is 50.5. The first-order valence-electron chi connectivity index (χ1n) is 24.5. The number of aliphatic hydroxyl groups is 4. The van der Waals surface area contributed by atoms with Gasteiger partial charge in [-0.25, -0.2) is 17.6 Å². The Bertz CT molecular complexity index is 1960. The summed E-state index contributed by atoms with van der Waals surface area (Å²) in [5, 5.41) is 42.5. The largest absolute Gasteiger partial charge is 0.390 e. The first-order chi connectivity index (χ1) is 31.0. The monoisotopic (exact) mass is 936 g/mol. The Morgan fingerprint density at radius 2 is 1.00 bits per heavy atom. The summed E-state index contributed by atoms with van der Waals surface area (Å²) in [5.41, 5.74) is -11.6. The maximum absolute atomic E-state index is 17.2. The molecule has 8 aliphatic carbocycles. The molecule has 0 radical (unpaired) electrons. The van der Waals surface area contributed by atoms with E-state index in [-0.39, 0.29) is 74.1 Å². The highest BCUT2D eigenvalue weighted by molar-refractivity contribution is 5.93. The van der Waals surface area contributed by atoms with Crippen LogP contribution in [0.2, 0.25) is 0 Å². The fourth-order valence-corrected chi connectivity index (χ4v) is 16.7. The summed E-state index contributed by atoms with van der Waals surface area (Å²) in [6, 6.07) is 0. The molecule has 0 aromatic carbocycles. The van der Waals surface area contributed by atoms with Gasteiger partial charge >= 0.3 is 0 Å². The molecule has 66 heavy (non-hydrogen) atoms. The standard InChI is InChI=1S/2C25H34F2O6/c2*1-4-5-21-32-20-10-14-15-9-17(26)16-8-13(29)6-7-22(16,2)24(15,27)18(30)11-23(14,3)25(20,33-21)19(31)12-28/h2*8,14-15,17-18,20-21,28,30H,4-7,9-12H2,1-3H3/t14?,15?,17-,18?,20+,21+,22-,23-,24-,25+;14?,15?,17-,18?,20+,21-,22-,23-,24-,25+/m00/s1. The number of allylic oxidation sites excluding steroid dienone is 2. The molecule has 20 atom stereocenters. The summed E-state index contributed by atoms with van der Waals surface area (Å²) in [5.74, 6) is -4.20. The molecule has 0 spiro atoms. The Labute approximate surface area is 383 Å². The number of carbonyl (C=O) groups excluding carboxylic acids is 4. The van der Waals surface area contributed by atoms with Crippen molar-refractivity contribution in [2.75, 3.05) is 13.2 Å². The minimum Gasteiger partial charge on any atom is -0.390 e. The number of hydrogen-bond acceptors (Lipinski definition) is 12. The molecule has 2 aliphatic heterocycles. The molecular formula is C50H68F4O12. The number of Topliss-reactive ketones (excluding diaryl/α,β-unsaturated/α-hetero) is 2. The number of halogens is 4. The molecule has 2 heterocycles. The second kappa shape index (κ2) is 16.0. The average Bonchev–Trinajstić information content (AvgIpc) is 3.96. The Morgan fingerprint density at radius 1 is 0.636 bits per heavy atom. The van der Waals surface area contributed by atoms with Gasteiger partial charge in [-0.05, 0) is 99.3 Å². The molecule has 16 heteroatoms. The van der Waals surface area contributed by atoms with Crippen molar-refractivity contribution >= 4 is 23.1 Å². The smallest absolute Gasteiger partial charge is 0.193 e. The number of ether oxygens (including phenoxy) is 4. The molecule has 12 nitrogen and oxygen atoms in total. The SMILES string of the molecule is CCC[C@@H]1O[C@@H]2CC3C4C[C@H](F)C5=CC(=O)CC[C@]5(C)[C@@]4(F)C(O)C[C@]3(C)[C@]2(C(=O)CO)O1.CCC[C@H]1O[C@@H]2CC3C4C[C@H](F)C5=CC(=O)CC[C@]5(C)[C@@]4(F)C(O)C[C@]3(C)[C@]2(C(=O)CO)O1. The molecule has 10 rings (SSSR count). The van der Waals surface area contributed by atoms with Gasteiger partial charge in [-0.3, -0.25) is 19.2 Å². The zero-order valence-corrected chi connectivity index (χ0v) is 39.0. The van der Waals surface area contributed by atoms with E-state index in [1.54, 1.807) is 27.7 Å². The van der Waals surface area contributed by atoms with Crippen molar-refractivity contribution in [3.8, 4) is 0 Å². The van der Waals surface area contributed by atoms with Gasteiger partial charge in [0.2, 0.25) is 0 Å². The number of hydrogen-bond donors (Lipinski definition) is 4. The second-order valence-corrected chi connectivity index (χ2v) is 22.5. The number of fused-ring (bicyclic) bond motifs is 14. The van der Waals surface area contributed by atoms with Crippen LogP contribution in [0.25, 0.3) is 0 Å². The van der Waals surface area contributed by atoms with E-state index in [9.17, 15) is 39.6 Å². The van der Waals surface area contributed by atoms with Crippen molar-refractivity contribution in [2.24, 2.45) is 45.3 Å². The van der Waals surface area contributed by atoms with Crippen LogP contribution < -0.4 is 0 Å². The second-order valence-electron chi connectivity index (χ2n) is 22.5. The molecule has 0 bridgehead atoms. The molecule has 10 aliphatic rings. The summed E-state index contributed by atoms with van der Waals surface area (Å²) in [6.45, 7) is 9.31. The first kappa shape index (κ1) is 48.6. The van der Waals surface area contributed by atoms with Crippen LogP contribution >= 0.6 is 0 Å². The van der Waals surface area contributed by atoms with Gasteiger partial charge < -0.3 is 39.4 Å². The van der Waals surface area contributed by atoms with Crippen molar-refractivity contribution in [3.63, 3.8) is 0 Å². The Kier molecular flexibility index (Phi) is 11.8. The van der Waals surface area contributed by atoms with E-state index in [2.05, 4.69) is 0 Å². The van der Waals surface area contributed by atoms with Gasteiger partial charge in [0.05, 0.1) is 24.4 Å². The third-order valence-corrected chi connectivity index (χ3v) is 19.8. The van der Waals surface area contributed by atoms with Crippen LogP contribution in [0, 0.1) is 45.3 Å². The van der Waals surface area contributed by atoms with E-state index in [1.807, 2.05) is 13.8 Å². The molecular weight excluding hydrogens is 869 g/mol. The molecule has 8 fully saturated rings. The third kappa shape index (κ3) is 5.90. The highest BCUT2D eigenvalue weighted by Gasteiger charge is 2.82. The summed E-state index contributed by atoms with van der Waals surface area (Å²) in [6.07, 6.45) is -2.74. The van der Waals surface area contributed by atoms with Gasteiger partial charge in [0.25, 0.3) is 0 Å². The van der Waals surface area contributed by atoms with Crippen LogP contribution in [-0.2, 0) is 38.1 Å². The van der Waals surface area contributed by atoms with Gasteiger partial charge in [-0.1, -0.05) is 54.4 Å². The molecule has 368 valence electrons. The average molecular weight is 937 g/mol. The van der Waals surface area contributed by atoms with Gasteiger partial charge in [0, 0.05) is 46.3 Å². The van der Waals surface area contributed by atoms with Crippen LogP contribution in [0.4, 0.5) is 17.6 Å². The molecule has 6 saturated carbocycles. The van der Waals surface area contributed by atoms with Crippen LogP contribution in [0.15, 0.2) is 23.3 Å². The fraction of sp³-hybridized carbons (Fsp3) is 0.840. The Hall–Kier alpha value is -2.44.